The first-order valence-electron chi connectivity index (χ1n) is 8.60. The van der Waals surface area contributed by atoms with Gasteiger partial charge in [-0.3, -0.25) is 0 Å². The van der Waals surface area contributed by atoms with Gasteiger partial charge in [-0.2, -0.15) is 11.8 Å². The van der Waals surface area contributed by atoms with Gasteiger partial charge < -0.3 is 15.2 Å². The molecule has 0 bridgehead atoms. The van der Waals surface area contributed by atoms with Gasteiger partial charge in [0.2, 0.25) is 0 Å². The minimum absolute atomic E-state index is 0.0780. The fourth-order valence-corrected chi connectivity index (χ4v) is 4.38. The highest BCUT2D eigenvalue weighted by atomic mass is 32.2. The lowest BCUT2D eigenvalue weighted by molar-refractivity contribution is 0.228. The van der Waals surface area contributed by atoms with Gasteiger partial charge in [-0.05, 0) is 37.9 Å². The maximum atomic E-state index is 12.4. The Morgan fingerprint density at radius 3 is 2.87 bits per heavy atom. The van der Waals surface area contributed by atoms with E-state index in [2.05, 4.69) is 45.5 Å². The molecule has 2 heterocycles. The number of carbonyl (C=O) groups is 1. The fraction of sp³-hybridized carbons (Fsp3) is 0.812. The standard InChI is InChI=1S/C16H27N5OS/c1-10(2)14(15-20-19-13-5-4-8-21(13)15)18-16(22)17-11-6-7-12(9-11)23-3/h10-12,14H,4-9H2,1-3H3,(H2,17,18,22). The van der Waals surface area contributed by atoms with E-state index in [1.807, 2.05) is 11.8 Å². The molecule has 1 aliphatic heterocycles. The minimum atomic E-state index is -0.0906. The molecule has 1 saturated carbocycles. The van der Waals surface area contributed by atoms with Gasteiger partial charge in [0.1, 0.15) is 5.82 Å². The average Bonchev–Trinajstić information content (AvgIpc) is 3.21. The highest BCUT2D eigenvalue weighted by molar-refractivity contribution is 7.99. The van der Waals surface area contributed by atoms with Crippen molar-refractivity contribution in [3.05, 3.63) is 11.6 Å². The Morgan fingerprint density at radius 2 is 2.17 bits per heavy atom. The number of hydrogen-bond acceptors (Lipinski definition) is 4. The first kappa shape index (κ1) is 16.6. The number of nitrogens with one attached hydrogen (secondary N) is 2. The molecule has 0 spiro atoms. The molecule has 128 valence electrons. The van der Waals surface area contributed by atoms with Crippen LogP contribution in [0.15, 0.2) is 0 Å². The number of urea groups is 1. The highest BCUT2D eigenvalue weighted by Crippen LogP contribution is 2.28. The van der Waals surface area contributed by atoms with E-state index < -0.39 is 0 Å². The van der Waals surface area contributed by atoms with Crippen LogP contribution in [0.25, 0.3) is 0 Å². The first-order valence-corrected chi connectivity index (χ1v) is 9.89. The third-order valence-electron chi connectivity index (χ3n) is 4.92. The lowest BCUT2D eigenvalue weighted by atomic mass is 10.0. The van der Waals surface area contributed by atoms with Crippen LogP contribution in [0, 0.1) is 5.92 Å². The van der Waals surface area contributed by atoms with E-state index >= 15 is 0 Å². The summed E-state index contributed by atoms with van der Waals surface area (Å²) in [6.45, 7) is 5.18. The van der Waals surface area contributed by atoms with Crippen LogP contribution in [0.2, 0.25) is 0 Å². The second kappa shape index (κ2) is 7.11. The summed E-state index contributed by atoms with van der Waals surface area (Å²) in [5, 5.41) is 15.6. The number of aromatic nitrogens is 3. The van der Waals surface area contributed by atoms with Crippen molar-refractivity contribution in [1.29, 1.82) is 0 Å². The highest BCUT2D eigenvalue weighted by Gasteiger charge is 2.29. The number of nitrogens with zero attached hydrogens (tertiary/aromatic N) is 3. The number of hydrogen-bond donors (Lipinski definition) is 2. The summed E-state index contributed by atoms with van der Waals surface area (Å²) < 4.78 is 2.17. The smallest absolute Gasteiger partial charge is 0.315 e. The van der Waals surface area contributed by atoms with Crippen LogP contribution in [-0.4, -0.2) is 38.3 Å². The molecule has 23 heavy (non-hydrogen) atoms. The Morgan fingerprint density at radius 1 is 1.35 bits per heavy atom. The van der Waals surface area contributed by atoms with E-state index in [1.54, 1.807) is 0 Å². The van der Waals surface area contributed by atoms with Crippen molar-refractivity contribution in [1.82, 2.24) is 25.4 Å². The van der Waals surface area contributed by atoms with E-state index in [0.717, 1.165) is 43.9 Å². The fourth-order valence-electron chi connectivity index (χ4n) is 3.59. The van der Waals surface area contributed by atoms with Gasteiger partial charge in [0, 0.05) is 24.3 Å². The molecule has 0 aromatic carbocycles. The minimum Gasteiger partial charge on any atom is -0.335 e. The average molecular weight is 337 g/mol. The van der Waals surface area contributed by atoms with E-state index in [1.165, 1.54) is 6.42 Å². The van der Waals surface area contributed by atoms with Crippen LogP contribution in [0.5, 0.6) is 0 Å². The number of rotatable bonds is 5. The normalized spacial score (nSPS) is 24.7. The Hall–Kier alpha value is -1.24. The van der Waals surface area contributed by atoms with Crippen molar-refractivity contribution in [3.8, 4) is 0 Å². The summed E-state index contributed by atoms with van der Waals surface area (Å²) in [6, 6.07) is 0.127. The Labute approximate surface area is 142 Å². The van der Waals surface area contributed by atoms with Gasteiger partial charge >= 0.3 is 6.03 Å². The predicted molar refractivity (Wildman–Crippen MR) is 92.5 cm³/mol. The zero-order valence-electron chi connectivity index (χ0n) is 14.2. The lowest BCUT2D eigenvalue weighted by Crippen LogP contribution is -2.44. The van der Waals surface area contributed by atoms with Crippen LogP contribution in [-0.2, 0) is 13.0 Å². The molecule has 2 aliphatic rings. The molecule has 1 aliphatic carbocycles. The van der Waals surface area contributed by atoms with Crippen molar-refractivity contribution in [2.45, 2.75) is 69.8 Å². The molecule has 6 nitrogen and oxygen atoms in total. The second-order valence-corrected chi connectivity index (χ2v) is 8.07. The summed E-state index contributed by atoms with van der Waals surface area (Å²) in [4.78, 5) is 12.4. The van der Waals surface area contributed by atoms with Crippen LogP contribution in [0.4, 0.5) is 4.79 Å². The van der Waals surface area contributed by atoms with E-state index in [0.29, 0.717) is 11.3 Å². The van der Waals surface area contributed by atoms with Crippen LogP contribution in [0.3, 0.4) is 0 Å². The Balaban J connectivity index is 1.62. The monoisotopic (exact) mass is 337 g/mol. The summed E-state index contributed by atoms with van der Waals surface area (Å²) in [6.07, 6.45) is 7.59. The van der Waals surface area contributed by atoms with E-state index in [9.17, 15) is 4.79 Å². The molecule has 3 unspecified atom stereocenters. The predicted octanol–water partition coefficient (Wildman–Crippen LogP) is 2.50. The van der Waals surface area contributed by atoms with Crippen LogP contribution in [0.1, 0.15) is 57.2 Å². The van der Waals surface area contributed by atoms with Gasteiger partial charge in [0.25, 0.3) is 0 Å². The third-order valence-corrected chi connectivity index (χ3v) is 6.02. The number of amides is 2. The van der Waals surface area contributed by atoms with E-state index in [-0.39, 0.29) is 18.0 Å². The van der Waals surface area contributed by atoms with Crippen LogP contribution >= 0.6 is 11.8 Å². The molecule has 0 saturated heterocycles. The largest absolute Gasteiger partial charge is 0.335 e. The third kappa shape index (κ3) is 3.65. The van der Waals surface area contributed by atoms with Crippen molar-refractivity contribution in [3.63, 3.8) is 0 Å². The number of fused-ring (bicyclic) bond motifs is 1. The summed E-state index contributed by atoms with van der Waals surface area (Å²) >= 11 is 1.90. The molecular weight excluding hydrogens is 310 g/mol. The number of aryl methyl sites for hydroxylation is 1. The lowest BCUT2D eigenvalue weighted by Gasteiger charge is -2.23. The quantitative estimate of drug-likeness (QED) is 0.866. The number of carbonyl (C=O) groups excluding carboxylic acids is 1. The molecule has 1 aromatic heterocycles. The molecule has 0 radical (unpaired) electrons. The zero-order chi connectivity index (χ0) is 16.4. The molecule has 1 aromatic rings. The van der Waals surface area contributed by atoms with Gasteiger partial charge in [0.15, 0.2) is 5.82 Å². The molecule has 3 atom stereocenters. The zero-order valence-corrected chi connectivity index (χ0v) is 15.0. The summed E-state index contributed by atoms with van der Waals surface area (Å²) in [5.41, 5.74) is 0. The maximum absolute atomic E-state index is 12.4. The maximum Gasteiger partial charge on any atom is 0.315 e. The topological polar surface area (TPSA) is 71.8 Å². The summed E-state index contributed by atoms with van der Waals surface area (Å²) in [7, 11) is 0. The van der Waals surface area contributed by atoms with Gasteiger partial charge in [0.05, 0.1) is 6.04 Å². The Kier molecular flexibility index (Phi) is 5.14. The second-order valence-electron chi connectivity index (χ2n) is 6.94. The van der Waals surface area contributed by atoms with Gasteiger partial charge in [-0.25, -0.2) is 4.79 Å². The first-order chi connectivity index (χ1) is 11.1. The van der Waals surface area contributed by atoms with E-state index in [4.69, 9.17) is 0 Å². The van der Waals surface area contributed by atoms with Crippen molar-refractivity contribution in [2.75, 3.05) is 6.26 Å². The molecule has 2 N–H and O–H groups in total. The van der Waals surface area contributed by atoms with Crippen LogP contribution < -0.4 is 10.6 Å². The molecular formula is C16H27N5OS. The summed E-state index contributed by atoms with van der Waals surface area (Å²) in [5.74, 6) is 2.22. The van der Waals surface area contributed by atoms with Crippen molar-refractivity contribution in [2.24, 2.45) is 5.92 Å². The SMILES string of the molecule is CSC1CCC(NC(=O)NC(c2nnc3n2CCC3)C(C)C)C1. The van der Waals surface area contributed by atoms with Crippen molar-refractivity contribution < 1.29 is 4.79 Å². The molecule has 2 amide bonds. The Bertz CT molecular complexity index is 559. The molecule has 3 rings (SSSR count). The number of thioether (sulfide) groups is 1. The molecule has 7 heteroatoms. The van der Waals surface area contributed by atoms with Gasteiger partial charge in [-0.15, -0.1) is 10.2 Å². The van der Waals surface area contributed by atoms with Gasteiger partial charge in [-0.1, -0.05) is 13.8 Å². The molecule has 1 fully saturated rings. The van der Waals surface area contributed by atoms with Crippen molar-refractivity contribution >= 4 is 17.8 Å².